The molecule has 0 radical (unpaired) electrons. The van der Waals surface area contributed by atoms with Gasteiger partial charge in [-0.3, -0.25) is 4.68 Å². The molecule has 0 bridgehead atoms. The standard InChI is InChI=1S/C13H14N4O/c1-18-13-6-10(7-15)2-3-12(13)11-8-16-17(9-11)5-4-14/h2-3,6,8-9H,5,7,15H2,1H3. The fourth-order valence-electron chi connectivity index (χ4n) is 1.76. The molecule has 0 aliphatic heterocycles. The Bertz CT molecular complexity index is 583. The van der Waals surface area contributed by atoms with Crippen LogP contribution in [-0.2, 0) is 13.1 Å². The van der Waals surface area contributed by atoms with Gasteiger partial charge in [-0.15, -0.1) is 0 Å². The first-order valence-electron chi connectivity index (χ1n) is 5.55. The molecule has 92 valence electrons. The van der Waals surface area contributed by atoms with Crippen molar-refractivity contribution >= 4 is 0 Å². The van der Waals surface area contributed by atoms with E-state index in [2.05, 4.69) is 5.10 Å². The second-order valence-corrected chi connectivity index (χ2v) is 3.82. The Morgan fingerprint density at radius 1 is 1.50 bits per heavy atom. The Morgan fingerprint density at radius 2 is 2.33 bits per heavy atom. The first-order chi connectivity index (χ1) is 8.78. The highest BCUT2D eigenvalue weighted by Crippen LogP contribution is 2.30. The van der Waals surface area contributed by atoms with Crippen LogP contribution in [-0.4, -0.2) is 16.9 Å². The molecule has 2 rings (SSSR count). The summed E-state index contributed by atoms with van der Waals surface area (Å²) in [6, 6.07) is 7.87. The van der Waals surface area contributed by atoms with Gasteiger partial charge >= 0.3 is 0 Å². The molecule has 0 aliphatic rings. The van der Waals surface area contributed by atoms with E-state index in [0.717, 1.165) is 22.4 Å². The quantitative estimate of drug-likeness (QED) is 0.882. The van der Waals surface area contributed by atoms with Crippen molar-refractivity contribution in [2.24, 2.45) is 5.73 Å². The van der Waals surface area contributed by atoms with Crippen molar-refractivity contribution in [1.29, 1.82) is 5.26 Å². The average Bonchev–Trinajstić information content (AvgIpc) is 2.87. The van der Waals surface area contributed by atoms with Crippen LogP contribution in [0, 0.1) is 11.3 Å². The Labute approximate surface area is 105 Å². The summed E-state index contributed by atoms with van der Waals surface area (Å²) in [4.78, 5) is 0. The predicted molar refractivity (Wildman–Crippen MR) is 67.7 cm³/mol. The molecule has 2 aromatic rings. The van der Waals surface area contributed by atoms with Crippen LogP contribution in [0.25, 0.3) is 11.1 Å². The van der Waals surface area contributed by atoms with Crippen LogP contribution in [0.3, 0.4) is 0 Å². The van der Waals surface area contributed by atoms with Gasteiger partial charge in [0.05, 0.1) is 19.4 Å². The first kappa shape index (κ1) is 12.1. The van der Waals surface area contributed by atoms with Gasteiger partial charge in [0, 0.05) is 23.9 Å². The SMILES string of the molecule is COc1cc(CN)ccc1-c1cnn(CC#N)c1. The number of hydrogen-bond acceptors (Lipinski definition) is 4. The molecule has 1 aromatic carbocycles. The zero-order chi connectivity index (χ0) is 13.0. The lowest BCUT2D eigenvalue weighted by Crippen LogP contribution is -1.97. The van der Waals surface area contributed by atoms with Crippen molar-refractivity contribution in [2.75, 3.05) is 7.11 Å². The van der Waals surface area contributed by atoms with E-state index in [4.69, 9.17) is 15.7 Å². The molecule has 0 fully saturated rings. The summed E-state index contributed by atoms with van der Waals surface area (Å²) in [5, 5.41) is 12.7. The molecule has 0 atom stereocenters. The lowest BCUT2D eigenvalue weighted by molar-refractivity contribution is 0.416. The molecule has 1 heterocycles. The smallest absolute Gasteiger partial charge is 0.128 e. The molecule has 5 heteroatoms. The first-order valence-corrected chi connectivity index (χ1v) is 5.55. The van der Waals surface area contributed by atoms with Gasteiger partial charge in [0.1, 0.15) is 12.3 Å². The lowest BCUT2D eigenvalue weighted by Gasteiger charge is -2.08. The fraction of sp³-hybridized carbons (Fsp3) is 0.231. The Kier molecular flexibility index (Phi) is 3.60. The number of aromatic nitrogens is 2. The summed E-state index contributed by atoms with van der Waals surface area (Å²) in [5.41, 5.74) is 8.48. The van der Waals surface area contributed by atoms with Gasteiger partial charge < -0.3 is 10.5 Å². The number of hydrogen-bond donors (Lipinski definition) is 1. The Morgan fingerprint density at radius 3 is 3.00 bits per heavy atom. The summed E-state index contributed by atoms with van der Waals surface area (Å²) in [7, 11) is 1.62. The molecule has 5 nitrogen and oxygen atoms in total. The highest BCUT2D eigenvalue weighted by molar-refractivity contribution is 5.69. The van der Waals surface area contributed by atoms with Crippen molar-refractivity contribution < 1.29 is 4.74 Å². The highest BCUT2D eigenvalue weighted by Gasteiger charge is 2.08. The second kappa shape index (κ2) is 5.34. The fourth-order valence-corrected chi connectivity index (χ4v) is 1.76. The third kappa shape index (κ3) is 2.34. The largest absolute Gasteiger partial charge is 0.496 e. The van der Waals surface area contributed by atoms with E-state index >= 15 is 0 Å². The molecule has 0 amide bonds. The van der Waals surface area contributed by atoms with Crippen molar-refractivity contribution in [3.63, 3.8) is 0 Å². The van der Waals surface area contributed by atoms with Crippen LogP contribution in [0.1, 0.15) is 5.56 Å². The van der Waals surface area contributed by atoms with E-state index in [-0.39, 0.29) is 6.54 Å². The molecule has 0 saturated carbocycles. The Balaban J connectivity index is 2.40. The van der Waals surface area contributed by atoms with Crippen LogP contribution < -0.4 is 10.5 Å². The van der Waals surface area contributed by atoms with Gasteiger partial charge in [-0.2, -0.15) is 10.4 Å². The maximum atomic E-state index is 8.62. The second-order valence-electron chi connectivity index (χ2n) is 3.82. The summed E-state index contributed by atoms with van der Waals surface area (Å²) in [5.74, 6) is 0.759. The lowest BCUT2D eigenvalue weighted by atomic mass is 10.1. The van der Waals surface area contributed by atoms with E-state index in [1.807, 2.05) is 30.5 Å². The molecular formula is C13H14N4O. The van der Waals surface area contributed by atoms with E-state index in [9.17, 15) is 0 Å². The van der Waals surface area contributed by atoms with Crippen LogP contribution in [0.15, 0.2) is 30.6 Å². The van der Waals surface area contributed by atoms with Crippen LogP contribution in [0.5, 0.6) is 5.75 Å². The summed E-state index contributed by atoms with van der Waals surface area (Å²) in [6.07, 6.45) is 3.54. The number of rotatable bonds is 4. The predicted octanol–water partition coefficient (Wildman–Crippen LogP) is 1.54. The van der Waals surface area contributed by atoms with E-state index in [1.54, 1.807) is 18.0 Å². The third-order valence-corrected chi connectivity index (χ3v) is 2.68. The van der Waals surface area contributed by atoms with Gasteiger partial charge in [0.2, 0.25) is 0 Å². The van der Waals surface area contributed by atoms with E-state index in [1.165, 1.54) is 0 Å². The van der Waals surface area contributed by atoms with Gasteiger partial charge in [0.25, 0.3) is 0 Å². The number of ether oxygens (including phenoxy) is 1. The van der Waals surface area contributed by atoms with Gasteiger partial charge in [0.15, 0.2) is 0 Å². The molecule has 18 heavy (non-hydrogen) atoms. The normalized spacial score (nSPS) is 10.1. The van der Waals surface area contributed by atoms with Gasteiger partial charge in [-0.1, -0.05) is 12.1 Å². The minimum atomic E-state index is 0.239. The summed E-state index contributed by atoms with van der Waals surface area (Å²) >= 11 is 0. The van der Waals surface area contributed by atoms with Crippen molar-refractivity contribution in [2.45, 2.75) is 13.1 Å². The Hall–Kier alpha value is -2.32. The van der Waals surface area contributed by atoms with Crippen molar-refractivity contribution in [1.82, 2.24) is 9.78 Å². The number of nitrogens with two attached hydrogens (primary N) is 1. The van der Waals surface area contributed by atoms with Crippen LogP contribution in [0.2, 0.25) is 0 Å². The summed E-state index contributed by atoms with van der Waals surface area (Å²) in [6.45, 7) is 0.716. The van der Waals surface area contributed by atoms with E-state index < -0.39 is 0 Å². The molecule has 0 spiro atoms. The maximum absolute atomic E-state index is 8.62. The van der Waals surface area contributed by atoms with Crippen molar-refractivity contribution in [3.8, 4) is 22.9 Å². The van der Waals surface area contributed by atoms with Gasteiger partial charge in [-0.25, -0.2) is 0 Å². The minimum Gasteiger partial charge on any atom is -0.496 e. The average molecular weight is 242 g/mol. The van der Waals surface area contributed by atoms with Crippen LogP contribution in [0.4, 0.5) is 0 Å². The number of nitrogens with zero attached hydrogens (tertiary/aromatic N) is 3. The molecule has 2 N–H and O–H groups in total. The summed E-state index contributed by atoms with van der Waals surface area (Å²) < 4.78 is 6.94. The van der Waals surface area contributed by atoms with Crippen molar-refractivity contribution in [3.05, 3.63) is 36.2 Å². The zero-order valence-electron chi connectivity index (χ0n) is 10.1. The molecule has 1 aromatic heterocycles. The number of nitriles is 1. The molecular weight excluding hydrogens is 228 g/mol. The highest BCUT2D eigenvalue weighted by atomic mass is 16.5. The maximum Gasteiger partial charge on any atom is 0.128 e. The third-order valence-electron chi connectivity index (χ3n) is 2.68. The van der Waals surface area contributed by atoms with E-state index in [0.29, 0.717) is 6.54 Å². The molecule has 0 aliphatic carbocycles. The number of benzene rings is 1. The van der Waals surface area contributed by atoms with Gasteiger partial charge in [-0.05, 0) is 11.6 Å². The topological polar surface area (TPSA) is 76.9 Å². The minimum absolute atomic E-state index is 0.239. The van der Waals surface area contributed by atoms with Crippen LogP contribution >= 0.6 is 0 Å². The molecule has 0 saturated heterocycles. The zero-order valence-corrected chi connectivity index (χ0v) is 10.1. The molecule has 0 unspecified atom stereocenters. The number of methoxy groups -OCH3 is 1. The monoisotopic (exact) mass is 242 g/mol.